The lowest BCUT2D eigenvalue weighted by molar-refractivity contribution is -0.656. The van der Waals surface area contributed by atoms with Crippen LogP contribution in [0.4, 0.5) is 0 Å². The minimum atomic E-state index is -0.259. The summed E-state index contributed by atoms with van der Waals surface area (Å²) in [4.78, 5) is 23.2. The highest BCUT2D eigenvalue weighted by molar-refractivity contribution is 4.99. The van der Waals surface area contributed by atoms with E-state index < -0.39 is 0 Å². The van der Waals surface area contributed by atoms with Crippen molar-refractivity contribution in [3.8, 4) is 0 Å². The molecule has 1 rings (SSSR count). The van der Waals surface area contributed by atoms with Crippen LogP contribution >= 0.6 is 0 Å². The van der Waals surface area contributed by atoms with Crippen LogP contribution in [0.15, 0.2) is 15.7 Å². The van der Waals surface area contributed by atoms with Gasteiger partial charge < -0.3 is 10.4 Å². The van der Waals surface area contributed by atoms with E-state index in [-0.39, 0.29) is 17.9 Å². The topological polar surface area (TPSA) is 80.8 Å². The Morgan fingerprint density at radius 3 is 2.67 bits per heavy atom. The number of nitrogens with zero attached hydrogens (tertiary/aromatic N) is 2. The van der Waals surface area contributed by atoms with Gasteiger partial charge in [0.15, 0.2) is 0 Å². The summed E-state index contributed by atoms with van der Waals surface area (Å²) in [5, 5.41) is 10.7. The molecule has 18 heavy (non-hydrogen) atoms. The van der Waals surface area contributed by atoms with E-state index in [0.717, 1.165) is 30.5 Å². The lowest BCUT2D eigenvalue weighted by Crippen LogP contribution is -2.85. The van der Waals surface area contributed by atoms with Crippen molar-refractivity contribution >= 4 is 0 Å². The lowest BCUT2D eigenvalue weighted by Gasteiger charge is -2.10. The standard InChI is InChI=1S/C12H21N3O3/c1-10-9-11(17)14(2)12(18)15(10)7-4-3-5-13-6-8-16/h9,13,16H,3-8H2,1-2H3/p+1. The van der Waals surface area contributed by atoms with E-state index in [4.69, 9.17) is 5.11 Å². The number of hydrogen-bond donors (Lipinski definition) is 2. The van der Waals surface area contributed by atoms with Crippen LogP contribution in [0, 0.1) is 6.92 Å². The van der Waals surface area contributed by atoms with Crippen LogP contribution < -0.4 is 16.6 Å². The number of quaternary nitrogens is 1. The summed E-state index contributed by atoms with van der Waals surface area (Å²) in [6.45, 7) is 4.27. The van der Waals surface area contributed by atoms with E-state index in [1.54, 1.807) is 11.5 Å². The number of aliphatic hydroxyl groups excluding tert-OH is 1. The highest BCUT2D eigenvalue weighted by atomic mass is 16.3. The molecular formula is C12H22N3O3+. The lowest BCUT2D eigenvalue weighted by atomic mass is 10.3. The van der Waals surface area contributed by atoms with Crippen molar-refractivity contribution in [3.05, 3.63) is 32.6 Å². The molecule has 0 saturated carbocycles. The van der Waals surface area contributed by atoms with Crippen molar-refractivity contribution in [1.82, 2.24) is 9.13 Å². The van der Waals surface area contributed by atoms with E-state index in [2.05, 4.69) is 5.32 Å². The molecule has 3 N–H and O–H groups in total. The van der Waals surface area contributed by atoms with Crippen molar-refractivity contribution in [1.29, 1.82) is 0 Å². The van der Waals surface area contributed by atoms with Gasteiger partial charge in [-0.1, -0.05) is 0 Å². The maximum atomic E-state index is 11.9. The molecule has 0 saturated heterocycles. The van der Waals surface area contributed by atoms with Crippen LogP contribution in [0.5, 0.6) is 0 Å². The minimum Gasteiger partial charge on any atom is -0.391 e. The average Bonchev–Trinajstić information content (AvgIpc) is 2.34. The quantitative estimate of drug-likeness (QED) is 0.564. The first-order valence-corrected chi connectivity index (χ1v) is 6.28. The summed E-state index contributed by atoms with van der Waals surface area (Å²) >= 11 is 0. The average molecular weight is 256 g/mol. The molecule has 0 unspecified atom stereocenters. The molecule has 0 aromatic carbocycles. The molecule has 0 aliphatic rings. The Morgan fingerprint density at radius 2 is 2.00 bits per heavy atom. The van der Waals surface area contributed by atoms with Gasteiger partial charge in [-0.05, 0) is 19.8 Å². The Morgan fingerprint density at radius 1 is 1.28 bits per heavy atom. The van der Waals surface area contributed by atoms with Gasteiger partial charge in [-0.25, -0.2) is 4.79 Å². The highest BCUT2D eigenvalue weighted by Crippen LogP contribution is 1.94. The molecule has 6 heteroatoms. The van der Waals surface area contributed by atoms with Gasteiger partial charge in [0, 0.05) is 25.4 Å². The SMILES string of the molecule is Cc1cc(=O)n(C)c(=O)n1CCCC[NH2+]CCO. The van der Waals surface area contributed by atoms with Crippen molar-refractivity contribution < 1.29 is 10.4 Å². The Balaban J connectivity index is 2.55. The Labute approximate surface area is 106 Å². The zero-order valence-corrected chi connectivity index (χ0v) is 11.1. The maximum absolute atomic E-state index is 11.9. The van der Waals surface area contributed by atoms with Gasteiger partial charge in [-0.2, -0.15) is 0 Å². The Hall–Kier alpha value is -1.40. The summed E-state index contributed by atoms with van der Waals surface area (Å²) < 4.78 is 2.76. The van der Waals surface area contributed by atoms with Gasteiger partial charge in [0.2, 0.25) is 0 Å². The van der Waals surface area contributed by atoms with E-state index in [0.29, 0.717) is 12.2 Å². The number of nitrogens with two attached hydrogens (primary N) is 1. The molecule has 0 aliphatic carbocycles. The van der Waals surface area contributed by atoms with Crippen LogP contribution in [0.3, 0.4) is 0 Å². The minimum absolute atomic E-state index is 0.194. The van der Waals surface area contributed by atoms with E-state index >= 15 is 0 Å². The number of rotatable bonds is 7. The normalized spacial score (nSPS) is 10.8. The number of hydrogen-bond acceptors (Lipinski definition) is 3. The van der Waals surface area contributed by atoms with Crippen LogP contribution in [0.2, 0.25) is 0 Å². The fourth-order valence-electron chi connectivity index (χ4n) is 1.85. The van der Waals surface area contributed by atoms with Crippen LogP contribution in [0.25, 0.3) is 0 Å². The molecular weight excluding hydrogens is 234 g/mol. The summed E-state index contributed by atoms with van der Waals surface area (Å²) in [5.74, 6) is 0. The molecule has 102 valence electrons. The summed E-state index contributed by atoms with van der Waals surface area (Å²) in [6, 6.07) is 1.49. The second kappa shape index (κ2) is 7.13. The highest BCUT2D eigenvalue weighted by Gasteiger charge is 2.05. The van der Waals surface area contributed by atoms with Crippen LogP contribution in [-0.4, -0.2) is 33.9 Å². The van der Waals surface area contributed by atoms with Gasteiger partial charge in [0.05, 0.1) is 19.7 Å². The number of aromatic nitrogens is 2. The predicted molar refractivity (Wildman–Crippen MR) is 68.7 cm³/mol. The zero-order chi connectivity index (χ0) is 13.5. The van der Waals surface area contributed by atoms with Crippen LogP contribution in [0.1, 0.15) is 18.5 Å². The fraction of sp³-hybridized carbons (Fsp3) is 0.667. The van der Waals surface area contributed by atoms with Crippen molar-refractivity contribution in [2.45, 2.75) is 26.3 Å². The van der Waals surface area contributed by atoms with Crippen LogP contribution in [-0.2, 0) is 13.6 Å². The molecule has 1 aromatic rings. The molecule has 0 radical (unpaired) electrons. The maximum Gasteiger partial charge on any atom is 0.330 e. The molecule has 0 aliphatic heterocycles. The smallest absolute Gasteiger partial charge is 0.330 e. The van der Waals surface area contributed by atoms with Crippen molar-refractivity contribution in [2.75, 3.05) is 19.7 Å². The van der Waals surface area contributed by atoms with Crippen molar-refractivity contribution in [2.24, 2.45) is 7.05 Å². The third-order valence-electron chi connectivity index (χ3n) is 2.98. The first kappa shape index (κ1) is 14.7. The second-order valence-corrected chi connectivity index (χ2v) is 4.41. The Bertz CT molecular complexity index is 490. The van der Waals surface area contributed by atoms with Gasteiger partial charge in [0.1, 0.15) is 0 Å². The Kier molecular flexibility index (Phi) is 5.80. The van der Waals surface area contributed by atoms with Gasteiger partial charge in [-0.15, -0.1) is 0 Å². The van der Waals surface area contributed by atoms with E-state index in [1.807, 2.05) is 0 Å². The molecule has 0 fully saturated rings. The molecule has 1 aromatic heterocycles. The van der Waals surface area contributed by atoms with Gasteiger partial charge >= 0.3 is 5.69 Å². The van der Waals surface area contributed by atoms with E-state index in [1.165, 1.54) is 13.1 Å². The molecule has 0 atom stereocenters. The summed E-state index contributed by atoms with van der Waals surface area (Å²) in [6.07, 6.45) is 1.87. The predicted octanol–water partition coefficient (Wildman–Crippen LogP) is -1.81. The largest absolute Gasteiger partial charge is 0.391 e. The first-order valence-electron chi connectivity index (χ1n) is 6.28. The fourth-order valence-corrected chi connectivity index (χ4v) is 1.85. The zero-order valence-electron chi connectivity index (χ0n) is 11.1. The molecule has 0 amide bonds. The number of aliphatic hydroxyl groups is 1. The first-order chi connectivity index (χ1) is 8.57. The number of unbranched alkanes of at least 4 members (excludes halogenated alkanes) is 1. The molecule has 0 spiro atoms. The molecule has 1 heterocycles. The van der Waals surface area contributed by atoms with E-state index in [9.17, 15) is 9.59 Å². The summed E-state index contributed by atoms with van der Waals surface area (Å²) in [5.41, 5.74) is 0.201. The third-order valence-corrected chi connectivity index (χ3v) is 2.98. The van der Waals surface area contributed by atoms with Gasteiger partial charge in [0.25, 0.3) is 5.56 Å². The molecule has 0 bridgehead atoms. The second-order valence-electron chi connectivity index (χ2n) is 4.41. The van der Waals surface area contributed by atoms with Gasteiger partial charge in [-0.3, -0.25) is 13.9 Å². The number of aryl methyl sites for hydroxylation is 1. The van der Waals surface area contributed by atoms with Crippen molar-refractivity contribution in [3.63, 3.8) is 0 Å². The summed E-state index contributed by atoms with van der Waals surface area (Å²) in [7, 11) is 1.50. The monoisotopic (exact) mass is 256 g/mol. The third kappa shape index (κ3) is 3.82. The molecule has 6 nitrogen and oxygen atoms in total.